The number of carbonyl (C=O) groups is 3. The highest BCUT2D eigenvalue weighted by molar-refractivity contribution is 5.92. The molecule has 0 unspecified atom stereocenters. The van der Waals surface area contributed by atoms with E-state index in [4.69, 9.17) is 5.73 Å². The zero-order chi connectivity index (χ0) is 18.7. The lowest BCUT2D eigenvalue weighted by Gasteiger charge is -2.31. The number of hydrogen-bond acceptors (Lipinski definition) is 4. The normalized spacial score (nSPS) is 23.9. The molecule has 3 N–H and O–H groups in total. The molecular weight excluding hydrogens is 334 g/mol. The van der Waals surface area contributed by atoms with Crippen LogP contribution in [0.2, 0.25) is 0 Å². The van der Waals surface area contributed by atoms with E-state index >= 15 is 0 Å². The van der Waals surface area contributed by atoms with Gasteiger partial charge in [-0.3, -0.25) is 9.59 Å². The van der Waals surface area contributed by atoms with Crippen molar-refractivity contribution < 1.29 is 19.5 Å². The van der Waals surface area contributed by atoms with Gasteiger partial charge in [0.15, 0.2) is 0 Å². The molecule has 140 valence electrons. The fraction of sp³-hybridized carbons (Fsp3) is 0.526. The molecule has 2 saturated heterocycles. The molecule has 0 radical (unpaired) electrons. The Kier molecular flexibility index (Phi) is 5.56. The molecule has 0 aromatic heterocycles. The monoisotopic (exact) mass is 359 g/mol. The molecule has 2 heterocycles. The van der Waals surface area contributed by atoms with Crippen LogP contribution in [0.15, 0.2) is 30.3 Å². The lowest BCUT2D eigenvalue weighted by atomic mass is 10.0. The number of aliphatic carboxylic acids is 1. The first-order chi connectivity index (χ1) is 12.5. The molecule has 1 aromatic carbocycles. The summed E-state index contributed by atoms with van der Waals surface area (Å²) in [6, 6.07) is 7.45. The van der Waals surface area contributed by atoms with Crippen LogP contribution in [0.25, 0.3) is 0 Å². The van der Waals surface area contributed by atoms with Gasteiger partial charge in [0.1, 0.15) is 12.1 Å². The van der Waals surface area contributed by atoms with E-state index in [0.29, 0.717) is 38.8 Å². The topological polar surface area (TPSA) is 104 Å². The number of benzene rings is 1. The lowest BCUT2D eigenvalue weighted by molar-refractivity contribution is -0.152. The van der Waals surface area contributed by atoms with Gasteiger partial charge in [-0.2, -0.15) is 0 Å². The number of hydrogen-bond donors (Lipinski definition) is 2. The SMILES string of the molecule is N[C@@H](Cc1ccccc1)C(=O)N1CCC[C@H]1C(=O)N1CCC[C@H]1C(=O)O. The molecule has 1 aromatic rings. The Morgan fingerprint density at radius 2 is 1.65 bits per heavy atom. The zero-order valence-electron chi connectivity index (χ0n) is 14.7. The molecule has 2 aliphatic heterocycles. The maximum atomic E-state index is 12.9. The van der Waals surface area contributed by atoms with Crippen LogP contribution in [0.5, 0.6) is 0 Å². The molecule has 26 heavy (non-hydrogen) atoms. The maximum absolute atomic E-state index is 12.9. The molecule has 2 aliphatic rings. The Hall–Kier alpha value is -2.41. The van der Waals surface area contributed by atoms with Crippen LogP contribution in [0.4, 0.5) is 0 Å². The maximum Gasteiger partial charge on any atom is 0.326 e. The van der Waals surface area contributed by atoms with Gasteiger partial charge in [-0.25, -0.2) is 4.79 Å². The average molecular weight is 359 g/mol. The van der Waals surface area contributed by atoms with Crippen molar-refractivity contribution in [3.05, 3.63) is 35.9 Å². The fourth-order valence-electron chi connectivity index (χ4n) is 3.93. The smallest absolute Gasteiger partial charge is 0.326 e. The van der Waals surface area contributed by atoms with Crippen LogP contribution in [-0.2, 0) is 20.8 Å². The first kappa shape index (κ1) is 18.4. The van der Waals surface area contributed by atoms with Crippen molar-refractivity contribution in [1.29, 1.82) is 0 Å². The van der Waals surface area contributed by atoms with Crippen molar-refractivity contribution in [2.24, 2.45) is 5.73 Å². The quantitative estimate of drug-likeness (QED) is 0.802. The van der Waals surface area contributed by atoms with Gasteiger partial charge in [0.2, 0.25) is 11.8 Å². The predicted octanol–water partition coefficient (Wildman–Crippen LogP) is 0.623. The van der Waals surface area contributed by atoms with Crippen LogP contribution < -0.4 is 5.73 Å². The minimum atomic E-state index is -0.979. The predicted molar refractivity (Wildman–Crippen MR) is 95.2 cm³/mol. The second-order valence-corrected chi connectivity index (χ2v) is 7.01. The summed E-state index contributed by atoms with van der Waals surface area (Å²) in [5, 5.41) is 9.31. The third kappa shape index (κ3) is 3.72. The van der Waals surface area contributed by atoms with Gasteiger partial charge in [0.25, 0.3) is 0 Å². The molecule has 2 amide bonds. The molecule has 7 heteroatoms. The van der Waals surface area contributed by atoms with Crippen molar-refractivity contribution in [2.45, 2.75) is 50.2 Å². The van der Waals surface area contributed by atoms with Crippen molar-refractivity contribution in [1.82, 2.24) is 9.80 Å². The van der Waals surface area contributed by atoms with Crippen LogP contribution in [0.3, 0.4) is 0 Å². The Labute approximate surface area is 152 Å². The van der Waals surface area contributed by atoms with Crippen molar-refractivity contribution in [2.75, 3.05) is 13.1 Å². The summed E-state index contributed by atoms with van der Waals surface area (Å²) in [5.41, 5.74) is 7.08. The molecule has 0 saturated carbocycles. The molecule has 7 nitrogen and oxygen atoms in total. The number of amides is 2. The van der Waals surface area contributed by atoms with E-state index in [1.54, 1.807) is 4.90 Å². The standard InChI is InChI=1S/C19H25N3O4/c20-14(12-13-6-2-1-3-7-13)17(23)21-10-4-8-15(21)18(24)22-11-5-9-16(22)19(25)26/h1-3,6-7,14-16H,4-5,8-12,20H2,(H,25,26)/t14-,15-,16-/m0/s1. The second-order valence-electron chi connectivity index (χ2n) is 7.01. The number of carbonyl (C=O) groups excluding carboxylic acids is 2. The highest BCUT2D eigenvalue weighted by atomic mass is 16.4. The van der Waals surface area contributed by atoms with Gasteiger partial charge >= 0.3 is 5.97 Å². The number of nitrogens with zero attached hydrogens (tertiary/aromatic N) is 2. The minimum absolute atomic E-state index is 0.240. The molecule has 3 atom stereocenters. The molecule has 0 bridgehead atoms. The second kappa shape index (κ2) is 7.86. The highest BCUT2D eigenvalue weighted by Crippen LogP contribution is 2.25. The molecular formula is C19H25N3O4. The van der Waals surface area contributed by atoms with Gasteiger partial charge in [-0.1, -0.05) is 30.3 Å². The summed E-state index contributed by atoms with van der Waals surface area (Å²) >= 11 is 0. The van der Waals surface area contributed by atoms with E-state index in [9.17, 15) is 19.5 Å². The van der Waals surface area contributed by atoms with E-state index in [-0.39, 0.29) is 11.8 Å². The summed E-state index contributed by atoms with van der Waals surface area (Å²) < 4.78 is 0. The minimum Gasteiger partial charge on any atom is -0.480 e. The largest absolute Gasteiger partial charge is 0.480 e. The molecule has 0 aliphatic carbocycles. The first-order valence-electron chi connectivity index (χ1n) is 9.12. The number of rotatable bonds is 5. The van der Waals surface area contributed by atoms with E-state index in [0.717, 1.165) is 12.0 Å². The number of likely N-dealkylation sites (tertiary alicyclic amines) is 2. The molecule has 3 rings (SSSR count). The third-order valence-electron chi connectivity index (χ3n) is 5.26. The van der Waals surface area contributed by atoms with Crippen LogP contribution >= 0.6 is 0 Å². The summed E-state index contributed by atoms with van der Waals surface area (Å²) in [6.45, 7) is 0.924. The molecule has 2 fully saturated rings. The Bertz CT molecular complexity index is 679. The third-order valence-corrected chi connectivity index (χ3v) is 5.26. The van der Waals surface area contributed by atoms with E-state index < -0.39 is 24.1 Å². The molecule has 0 spiro atoms. The number of nitrogens with two attached hydrogens (primary N) is 1. The fourth-order valence-corrected chi connectivity index (χ4v) is 3.93. The van der Waals surface area contributed by atoms with Gasteiger partial charge in [-0.05, 0) is 37.7 Å². The van der Waals surface area contributed by atoms with Crippen LogP contribution in [0.1, 0.15) is 31.2 Å². The van der Waals surface area contributed by atoms with Gasteiger partial charge in [0, 0.05) is 13.1 Å². The van der Waals surface area contributed by atoms with Crippen molar-refractivity contribution in [3.63, 3.8) is 0 Å². The Balaban J connectivity index is 1.68. The lowest BCUT2D eigenvalue weighted by Crippen LogP contribution is -2.54. The Morgan fingerprint density at radius 1 is 1.04 bits per heavy atom. The van der Waals surface area contributed by atoms with Crippen LogP contribution in [-0.4, -0.2) is 63.9 Å². The first-order valence-corrected chi connectivity index (χ1v) is 9.12. The number of carboxylic acid groups (broad SMARTS) is 1. The van der Waals surface area contributed by atoms with E-state index in [1.807, 2.05) is 30.3 Å². The summed E-state index contributed by atoms with van der Waals surface area (Å²) in [7, 11) is 0. The number of carboxylic acids is 1. The summed E-state index contributed by atoms with van der Waals surface area (Å²) in [6.07, 6.45) is 2.85. The summed E-state index contributed by atoms with van der Waals surface area (Å²) in [5.74, 6) is -1.48. The van der Waals surface area contributed by atoms with E-state index in [2.05, 4.69) is 0 Å². The van der Waals surface area contributed by atoms with Gasteiger partial charge in [0.05, 0.1) is 6.04 Å². The van der Waals surface area contributed by atoms with Gasteiger partial charge in [-0.15, -0.1) is 0 Å². The zero-order valence-corrected chi connectivity index (χ0v) is 14.7. The van der Waals surface area contributed by atoms with Gasteiger partial charge < -0.3 is 20.6 Å². The average Bonchev–Trinajstić information content (AvgIpc) is 3.30. The summed E-state index contributed by atoms with van der Waals surface area (Å²) in [4.78, 5) is 40.0. The van der Waals surface area contributed by atoms with E-state index in [1.165, 1.54) is 4.90 Å². The van der Waals surface area contributed by atoms with Crippen LogP contribution in [0, 0.1) is 0 Å². The van der Waals surface area contributed by atoms with Crippen molar-refractivity contribution >= 4 is 17.8 Å². The highest BCUT2D eigenvalue weighted by Gasteiger charge is 2.42. The van der Waals surface area contributed by atoms with Crippen molar-refractivity contribution in [3.8, 4) is 0 Å². The Morgan fingerprint density at radius 3 is 2.31 bits per heavy atom.